The Morgan fingerprint density at radius 1 is 1.44 bits per heavy atom. The van der Waals surface area contributed by atoms with E-state index in [4.69, 9.17) is 21.9 Å². The molecule has 0 amide bonds. The summed E-state index contributed by atoms with van der Waals surface area (Å²) in [5, 5.41) is 5.47. The Morgan fingerprint density at radius 2 is 2.22 bits per heavy atom. The van der Waals surface area contributed by atoms with Crippen molar-refractivity contribution < 1.29 is 4.52 Å². The number of nitrogen functional groups attached to an aromatic ring is 1. The molecule has 1 heterocycles. The molecular weight excluding hydrogens is 316 g/mol. The number of nitrogens with zero attached hydrogens (tertiary/aromatic N) is 1. The molecule has 0 unspecified atom stereocenters. The van der Waals surface area contributed by atoms with Crippen LogP contribution in [0.1, 0.15) is 30.1 Å². The minimum atomic E-state index is 0.516. The van der Waals surface area contributed by atoms with Gasteiger partial charge in [0.2, 0.25) is 0 Å². The molecule has 0 bridgehead atoms. The van der Waals surface area contributed by atoms with Crippen molar-refractivity contribution >= 4 is 33.2 Å². The van der Waals surface area contributed by atoms with E-state index in [0.717, 1.165) is 22.6 Å². The zero-order valence-corrected chi connectivity index (χ0v) is 12.0. The molecular formula is C13H12BrClN2O. The van der Waals surface area contributed by atoms with E-state index in [2.05, 4.69) is 21.1 Å². The summed E-state index contributed by atoms with van der Waals surface area (Å²) in [5.41, 5.74) is 9.22. The Hall–Kier alpha value is -1.00. The molecule has 0 atom stereocenters. The Bertz CT molecular complexity index is 572. The zero-order valence-electron chi connectivity index (χ0n) is 9.62. The molecule has 1 aliphatic carbocycles. The van der Waals surface area contributed by atoms with Crippen molar-refractivity contribution in [2.75, 3.05) is 5.73 Å². The van der Waals surface area contributed by atoms with E-state index in [1.54, 1.807) is 0 Å². The van der Waals surface area contributed by atoms with Crippen LogP contribution in [0.2, 0.25) is 5.02 Å². The molecule has 1 saturated carbocycles. The van der Waals surface area contributed by atoms with Crippen LogP contribution in [0.25, 0.3) is 11.3 Å². The maximum Gasteiger partial charge on any atom is 0.144 e. The highest BCUT2D eigenvalue weighted by Crippen LogP contribution is 2.46. The summed E-state index contributed by atoms with van der Waals surface area (Å²) in [6.07, 6.45) is 2.35. The molecule has 0 saturated heterocycles. The third kappa shape index (κ3) is 1.93. The number of alkyl halides is 1. The van der Waals surface area contributed by atoms with Crippen molar-refractivity contribution in [1.82, 2.24) is 5.16 Å². The second kappa shape index (κ2) is 4.59. The van der Waals surface area contributed by atoms with E-state index >= 15 is 0 Å². The van der Waals surface area contributed by atoms with Crippen molar-refractivity contribution in [1.29, 1.82) is 0 Å². The lowest BCUT2D eigenvalue weighted by atomic mass is 10.0. The highest BCUT2D eigenvalue weighted by molar-refractivity contribution is 9.08. The van der Waals surface area contributed by atoms with Crippen LogP contribution in [0.3, 0.4) is 0 Å². The van der Waals surface area contributed by atoms with Gasteiger partial charge in [0.25, 0.3) is 0 Å². The van der Waals surface area contributed by atoms with E-state index in [1.165, 1.54) is 12.8 Å². The summed E-state index contributed by atoms with van der Waals surface area (Å²) in [4.78, 5) is 0. The summed E-state index contributed by atoms with van der Waals surface area (Å²) in [6.45, 7) is 0. The number of nitrogens with two attached hydrogens (primary N) is 1. The average Bonchev–Trinajstić information content (AvgIpc) is 3.10. The molecule has 94 valence electrons. The molecule has 0 spiro atoms. The maximum atomic E-state index is 6.22. The van der Waals surface area contributed by atoms with Gasteiger partial charge in [0.15, 0.2) is 0 Å². The smallest absolute Gasteiger partial charge is 0.144 e. The van der Waals surface area contributed by atoms with E-state index < -0.39 is 0 Å². The van der Waals surface area contributed by atoms with Crippen molar-refractivity contribution in [2.45, 2.75) is 24.1 Å². The van der Waals surface area contributed by atoms with Crippen LogP contribution in [0.4, 0.5) is 5.69 Å². The highest BCUT2D eigenvalue weighted by Gasteiger charge is 2.32. The number of halogens is 2. The summed E-state index contributed by atoms with van der Waals surface area (Å²) in [6, 6.07) is 5.47. The molecule has 2 aromatic rings. The number of benzene rings is 1. The monoisotopic (exact) mass is 326 g/mol. The van der Waals surface area contributed by atoms with Gasteiger partial charge >= 0.3 is 0 Å². The van der Waals surface area contributed by atoms with Crippen molar-refractivity contribution in [3.05, 3.63) is 34.5 Å². The van der Waals surface area contributed by atoms with Crippen LogP contribution in [0, 0.1) is 0 Å². The third-order valence-corrected chi connectivity index (χ3v) is 4.06. The molecule has 3 nitrogen and oxygen atoms in total. The molecule has 1 aromatic heterocycles. The normalized spacial score (nSPS) is 15.0. The number of hydrogen-bond acceptors (Lipinski definition) is 3. The van der Waals surface area contributed by atoms with Gasteiger partial charge in [-0.25, -0.2) is 0 Å². The molecule has 0 radical (unpaired) electrons. The first-order valence-corrected chi connectivity index (χ1v) is 7.31. The Labute approximate surface area is 118 Å². The van der Waals surface area contributed by atoms with E-state index in [0.29, 0.717) is 22.0 Å². The van der Waals surface area contributed by atoms with E-state index in [1.807, 2.05) is 18.2 Å². The zero-order chi connectivity index (χ0) is 12.7. The Kier molecular flexibility index (Phi) is 3.08. The van der Waals surface area contributed by atoms with Gasteiger partial charge in [-0.15, -0.1) is 0 Å². The van der Waals surface area contributed by atoms with Gasteiger partial charge in [-0.05, 0) is 25.0 Å². The van der Waals surface area contributed by atoms with Gasteiger partial charge in [-0.1, -0.05) is 38.8 Å². The van der Waals surface area contributed by atoms with Crippen LogP contribution in [-0.2, 0) is 5.33 Å². The van der Waals surface area contributed by atoms with Crippen LogP contribution in [0.5, 0.6) is 0 Å². The molecule has 0 aliphatic heterocycles. The lowest BCUT2D eigenvalue weighted by Crippen LogP contribution is -1.94. The predicted molar refractivity (Wildman–Crippen MR) is 76.0 cm³/mol. The second-order valence-corrected chi connectivity index (χ2v) is 5.45. The Balaban J connectivity index is 2.16. The average molecular weight is 328 g/mol. The lowest BCUT2D eigenvalue weighted by molar-refractivity contribution is 0.385. The fourth-order valence-corrected chi connectivity index (χ4v) is 2.92. The van der Waals surface area contributed by atoms with Crippen molar-refractivity contribution in [3.8, 4) is 11.3 Å². The number of hydrogen-bond donors (Lipinski definition) is 1. The fraction of sp³-hybridized carbons (Fsp3) is 0.308. The molecule has 18 heavy (non-hydrogen) atoms. The molecule has 1 fully saturated rings. The first kappa shape index (κ1) is 12.1. The Morgan fingerprint density at radius 3 is 2.83 bits per heavy atom. The number of aromatic nitrogens is 1. The van der Waals surface area contributed by atoms with Crippen LogP contribution >= 0.6 is 27.5 Å². The van der Waals surface area contributed by atoms with Crippen LogP contribution < -0.4 is 5.73 Å². The van der Waals surface area contributed by atoms with Gasteiger partial charge in [-0.3, -0.25) is 0 Å². The summed E-state index contributed by atoms with van der Waals surface area (Å²) < 4.78 is 5.48. The van der Waals surface area contributed by atoms with Crippen LogP contribution in [-0.4, -0.2) is 5.16 Å². The predicted octanol–water partition coefficient (Wildman–Crippen LogP) is 4.35. The van der Waals surface area contributed by atoms with Gasteiger partial charge in [0.1, 0.15) is 11.5 Å². The second-order valence-electron chi connectivity index (χ2n) is 4.49. The first-order chi connectivity index (χ1) is 8.72. The van der Waals surface area contributed by atoms with E-state index in [-0.39, 0.29) is 0 Å². The molecule has 2 N–H and O–H groups in total. The molecule has 1 aromatic carbocycles. The standard InChI is InChI=1S/C13H12BrClN2O/c14-6-8-12(17-18-13(8)7-4-5-7)11-9(15)2-1-3-10(11)16/h1-3,7H,4-6,16H2. The van der Waals surface area contributed by atoms with Crippen molar-refractivity contribution in [3.63, 3.8) is 0 Å². The maximum absolute atomic E-state index is 6.22. The number of anilines is 1. The third-order valence-electron chi connectivity index (χ3n) is 3.18. The molecule has 3 rings (SSSR count). The largest absolute Gasteiger partial charge is 0.398 e. The first-order valence-electron chi connectivity index (χ1n) is 5.81. The van der Waals surface area contributed by atoms with Gasteiger partial charge in [0, 0.05) is 28.1 Å². The number of rotatable bonds is 3. The quantitative estimate of drug-likeness (QED) is 0.673. The summed E-state index contributed by atoms with van der Waals surface area (Å²) in [5.74, 6) is 1.49. The molecule has 5 heteroatoms. The van der Waals surface area contributed by atoms with Gasteiger partial charge in [-0.2, -0.15) is 0 Å². The van der Waals surface area contributed by atoms with Gasteiger partial charge in [0.05, 0.1) is 5.02 Å². The van der Waals surface area contributed by atoms with E-state index in [9.17, 15) is 0 Å². The van der Waals surface area contributed by atoms with Crippen molar-refractivity contribution in [2.24, 2.45) is 0 Å². The summed E-state index contributed by atoms with van der Waals surface area (Å²) in [7, 11) is 0. The lowest BCUT2D eigenvalue weighted by Gasteiger charge is -2.06. The minimum absolute atomic E-state index is 0.516. The topological polar surface area (TPSA) is 52.0 Å². The van der Waals surface area contributed by atoms with Gasteiger partial charge < -0.3 is 10.3 Å². The SMILES string of the molecule is Nc1cccc(Cl)c1-c1noc(C2CC2)c1CBr. The fourth-order valence-electron chi connectivity index (χ4n) is 2.10. The molecule has 1 aliphatic rings. The van der Waals surface area contributed by atoms with Crippen LogP contribution in [0.15, 0.2) is 22.7 Å². The highest BCUT2D eigenvalue weighted by atomic mass is 79.9. The summed E-state index contributed by atoms with van der Waals surface area (Å²) >= 11 is 9.72. The minimum Gasteiger partial charge on any atom is -0.398 e.